The van der Waals surface area contributed by atoms with Gasteiger partial charge in [0.1, 0.15) is 5.66 Å². The third-order valence-corrected chi connectivity index (χ3v) is 9.26. The van der Waals surface area contributed by atoms with Gasteiger partial charge in [-0.1, -0.05) is 43.2 Å². The van der Waals surface area contributed by atoms with E-state index in [9.17, 15) is 14.7 Å². The summed E-state index contributed by atoms with van der Waals surface area (Å²) in [6.45, 7) is 2.57. The predicted octanol–water partition coefficient (Wildman–Crippen LogP) is 4.61. The Labute approximate surface area is 227 Å². The van der Waals surface area contributed by atoms with Crippen molar-refractivity contribution in [2.75, 3.05) is 19.8 Å². The number of aliphatic hydroxyl groups is 1. The van der Waals surface area contributed by atoms with Crippen molar-refractivity contribution in [2.45, 2.75) is 102 Å². The Morgan fingerprint density at radius 2 is 1.89 bits per heavy atom. The molecule has 7 nitrogen and oxygen atoms in total. The number of carbonyl (C=O) groups is 2. The highest BCUT2D eigenvalue weighted by Crippen LogP contribution is 2.51. The zero-order valence-electron chi connectivity index (χ0n) is 23.0. The van der Waals surface area contributed by atoms with Gasteiger partial charge in [0.05, 0.1) is 13.2 Å². The molecule has 0 aromatic carbocycles. The summed E-state index contributed by atoms with van der Waals surface area (Å²) in [6.07, 6.45) is 24.5. The van der Waals surface area contributed by atoms with E-state index in [-0.39, 0.29) is 47.9 Å². The van der Waals surface area contributed by atoms with Gasteiger partial charge in [-0.15, -0.1) is 0 Å². The average Bonchev–Trinajstić information content (AvgIpc) is 3.36. The Balaban J connectivity index is 1.43. The molecule has 0 radical (unpaired) electrons. The van der Waals surface area contributed by atoms with Crippen LogP contribution in [0.3, 0.4) is 0 Å². The van der Waals surface area contributed by atoms with Gasteiger partial charge in [0, 0.05) is 12.6 Å². The van der Waals surface area contributed by atoms with Crippen LogP contribution in [0.4, 0.5) is 0 Å². The standard InChI is InChI=1S/C31H45N3O4/c1-30(22-31(17-8-9-18-31)24-13-6-3-7-14-24)32-26(29(37)34(19-20-35)25-15-10-16-25)27(28(36)33-30)38-21-23-11-4-2-5-12-23/h2,4,6,13-14,23,25,32,35H,3,5,7-12,15-22H2,1H3,(H,33,36). The van der Waals surface area contributed by atoms with Crippen molar-refractivity contribution in [3.8, 4) is 0 Å². The van der Waals surface area contributed by atoms with E-state index >= 15 is 0 Å². The first-order valence-electron chi connectivity index (χ1n) is 14.8. The van der Waals surface area contributed by atoms with Crippen LogP contribution in [0.1, 0.15) is 90.4 Å². The number of nitrogens with one attached hydrogen (secondary N) is 2. The number of ether oxygens (including phenoxy) is 1. The summed E-state index contributed by atoms with van der Waals surface area (Å²) >= 11 is 0. The second kappa shape index (κ2) is 11.7. The van der Waals surface area contributed by atoms with E-state index in [2.05, 4.69) is 41.0 Å². The topological polar surface area (TPSA) is 90.9 Å². The number of nitrogens with zero attached hydrogens (tertiary/aromatic N) is 1. The molecule has 2 saturated carbocycles. The molecule has 0 aromatic heterocycles. The second-order valence-corrected chi connectivity index (χ2v) is 12.2. The Bertz CT molecular complexity index is 1020. The van der Waals surface area contributed by atoms with Crippen LogP contribution in [0, 0.1) is 11.3 Å². The van der Waals surface area contributed by atoms with E-state index in [0.717, 1.165) is 64.2 Å². The molecule has 7 heteroatoms. The van der Waals surface area contributed by atoms with Crippen molar-refractivity contribution < 1.29 is 19.4 Å². The van der Waals surface area contributed by atoms with E-state index < -0.39 is 5.66 Å². The first-order valence-corrected chi connectivity index (χ1v) is 14.8. The summed E-state index contributed by atoms with van der Waals surface area (Å²) in [5.74, 6) is -0.126. The minimum atomic E-state index is -0.788. The van der Waals surface area contributed by atoms with Gasteiger partial charge in [0.2, 0.25) is 5.76 Å². The van der Waals surface area contributed by atoms with Gasteiger partial charge in [-0.3, -0.25) is 9.59 Å². The molecular formula is C31H45N3O4. The van der Waals surface area contributed by atoms with Crippen LogP contribution >= 0.6 is 0 Å². The summed E-state index contributed by atoms with van der Waals surface area (Å²) < 4.78 is 6.17. The normalized spacial score (nSPS) is 28.8. The van der Waals surface area contributed by atoms with Crippen molar-refractivity contribution >= 4 is 11.8 Å². The van der Waals surface area contributed by atoms with E-state index in [1.165, 1.54) is 18.4 Å². The number of hydrogen-bond donors (Lipinski definition) is 3. The largest absolute Gasteiger partial charge is 0.486 e. The maximum absolute atomic E-state index is 14.0. The molecule has 0 bridgehead atoms. The summed E-state index contributed by atoms with van der Waals surface area (Å²) in [5.41, 5.74) is 0.818. The van der Waals surface area contributed by atoms with Gasteiger partial charge < -0.3 is 25.4 Å². The van der Waals surface area contributed by atoms with Gasteiger partial charge in [-0.2, -0.15) is 0 Å². The summed E-state index contributed by atoms with van der Waals surface area (Å²) in [5, 5.41) is 16.5. The van der Waals surface area contributed by atoms with Gasteiger partial charge in [0.25, 0.3) is 11.8 Å². The molecule has 2 atom stereocenters. The van der Waals surface area contributed by atoms with E-state index in [1.54, 1.807) is 4.90 Å². The monoisotopic (exact) mass is 523 g/mol. The van der Waals surface area contributed by atoms with Gasteiger partial charge in [-0.05, 0) is 94.5 Å². The molecule has 5 aliphatic rings. The lowest BCUT2D eigenvalue weighted by Gasteiger charge is -2.46. The van der Waals surface area contributed by atoms with Crippen LogP contribution < -0.4 is 10.6 Å². The third kappa shape index (κ3) is 5.73. The Hall–Kier alpha value is -2.54. The van der Waals surface area contributed by atoms with Crippen LogP contribution in [0.5, 0.6) is 0 Å². The lowest BCUT2D eigenvalue weighted by molar-refractivity contribution is -0.135. The first-order chi connectivity index (χ1) is 18.4. The van der Waals surface area contributed by atoms with Gasteiger partial charge in [-0.25, -0.2) is 0 Å². The van der Waals surface area contributed by atoms with Crippen molar-refractivity contribution in [3.05, 3.63) is 47.4 Å². The minimum Gasteiger partial charge on any atom is -0.486 e. The molecule has 1 aliphatic heterocycles. The van der Waals surface area contributed by atoms with Crippen molar-refractivity contribution in [1.29, 1.82) is 0 Å². The lowest BCUT2D eigenvalue weighted by Crippen LogP contribution is -2.64. The first kappa shape index (κ1) is 27.0. The Morgan fingerprint density at radius 1 is 1.08 bits per heavy atom. The molecule has 2 unspecified atom stereocenters. The highest BCUT2D eigenvalue weighted by molar-refractivity contribution is 6.04. The fourth-order valence-electron chi connectivity index (χ4n) is 7.07. The third-order valence-electron chi connectivity index (χ3n) is 9.26. The quantitative estimate of drug-likeness (QED) is 0.364. The molecule has 2 amide bonds. The number of rotatable bonds is 10. The molecule has 0 saturated heterocycles. The summed E-state index contributed by atoms with van der Waals surface area (Å²) in [7, 11) is 0. The van der Waals surface area contributed by atoms with Crippen molar-refractivity contribution in [2.24, 2.45) is 11.3 Å². The highest BCUT2D eigenvalue weighted by atomic mass is 16.5. The highest BCUT2D eigenvalue weighted by Gasteiger charge is 2.48. The Kier molecular flexibility index (Phi) is 8.32. The number of allylic oxidation sites excluding steroid dienone is 6. The second-order valence-electron chi connectivity index (χ2n) is 12.2. The maximum Gasteiger partial charge on any atom is 0.290 e. The van der Waals surface area contributed by atoms with E-state index in [1.807, 2.05) is 6.92 Å². The molecule has 5 rings (SSSR count). The number of amides is 2. The van der Waals surface area contributed by atoms with E-state index in [4.69, 9.17) is 4.74 Å². The Morgan fingerprint density at radius 3 is 2.53 bits per heavy atom. The molecule has 4 aliphatic carbocycles. The molecule has 1 heterocycles. The number of hydrogen-bond acceptors (Lipinski definition) is 5. The number of carbonyl (C=O) groups excluding carboxylic acids is 2. The van der Waals surface area contributed by atoms with Crippen LogP contribution in [0.25, 0.3) is 0 Å². The van der Waals surface area contributed by atoms with Crippen LogP contribution in [-0.2, 0) is 14.3 Å². The minimum absolute atomic E-state index is 0.0222. The fourth-order valence-corrected chi connectivity index (χ4v) is 7.07. The summed E-state index contributed by atoms with van der Waals surface area (Å²) in [4.78, 5) is 29.5. The average molecular weight is 524 g/mol. The zero-order valence-corrected chi connectivity index (χ0v) is 23.0. The lowest BCUT2D eigenvalue weighted by atomic mass is 9.70. The molecule has 0 aromatic rings. The van der Waals surface area contributed by atoms with Crippen molar-refractivity contribution in [1.82, 2.24) is 15.5 Å². The SMILES string of the molecule is CC1(CC2(C3=CCCC=C3)CCCC2)NC(=O)C(OCC2CC=CCC2)=C(C(=O)N(CCO)C2CCC2)N1. The molecule has 208 valence electrons. The number of aliphatic hydroxyl groups excluding tert-OH is 1. The maximum atomic E-state index is 14.0. The molecule has 0 spiro atoms. The van der Waals surface area contributed by atoms with Crippen LogP contribution in [-0.4, -0.2) is 53.3 Å². The molecule has 3 N–H and O–H groups in total. The van der Waals surface area contributed by atoms with Gasteiger partial charge in [0.15, 0.2) is 5.70 Å². The molecular weight excluding hydrogens is 478 g/mol. The predicted molar refractivity (Wildman–Crippen MR) is 148 cm³/mol. The molecule has 2 fully saturated rings. The van der Waals surface area contributed by atoms with E-state index in [0.29, 0.717) is 18.9 Å². The zero-order chi connectivity index (χ0) is 26.6. The fraction of sp³-hybridized carbons (Fsp3) is 0.677. The molecule has 38 heavy (non-hydrogen) atoms. The van der Waals surface area contributed by atoms with Crippen molar-refractivity contribution in [3.63, 3.8) is 0 Å². The smallest absolute Gasteiger partial charge is 0.290 e. The van der Waals surface area contributed by atoms with Crippen LogP contribution in [0.2, 0.25) is 0 Å². The van der Waals surface area contributed by atoms with Crippen LogP contribution in [0.15, 0.2) is 47.4 Å². The van der Waals surface area contributed by atoms with Gasteiger partial charge >= 0.3 is 0 Å². The summed E-state index contributed by atoms with van der Waals surface area (Å²) in [6, 6.07) is 0.101.